The van der Waals surface area contributed by atoms with Crippen LogP contribution in [0.2, 0.25) is 0 Å². The number of nitrogens with one attached hydrogen (secondary N) is 2. The lowest BCUT2D eigenvalue weighted by atomic mass is 10.00. The number of carbonyl (C=O) groups excluding carboxylic acids is 1. The molecule has 1 heterocycles. The van der Waals surface area contributed by atoms with Gasteiger partial charge in [0.2, 0.25) is 0 Å². The van der Waals surface area contributed by atoms with E-state index in [-0.39, 0.29) is 6.04 Å². The van der Waals surface area contributed by atoms with Crippen LogP contribution in [0.5, 0.6) is 0 Å². The van der Waals surface area contributed by atoms with Crippen molar-refractivity contribution in [3.05, 3.63) is 24.2 Å². The first-order valence-corrected chi connectivity index (χ1v) is 6.72. The maximum Gasteiger partial charge on any atom is 0.329 e. The summed E-state index contributed by atoms with van der Waals surface area (Å²) in [5, 5.41) is 14.3. The average molecular weight is 282 g/mol. The van der Waals surface area contributed by atoms with Crippen LogP contribution in [0.1, 0.15) is 39.4 Å². The number of furan rings is 1. The molecular formula is C14H22N2O4. The van der Waals surface area contributed by atoms with Gasteiger partial charge in [-0.1, -0.05) is 6.92 Å². The Bertz CT molecular complexity index is 444. The van der Waals surface area contributed by atoms with Crippen LogP contribution in [0.3, 0.4) is 0 Å². The van der Waals surface area contributed by atoms with Crippen LogP contribution < -0.4 is 10.6 Å². The standard InChI is InChI=1S/C14H22N2O4/c1-4-14(3,12(17)18)16-13(19)15-10(2)7-8-11-6-5-9-20-11/h5-6,9-10H,4,7-8H2,1-3H3,(H,17,18)(H2,15,16,19). The van der Waals surface area contributed by atoms with Crippen molar-refractivity contribution >= 4 is 12.0 Å². The van der Waals surface area contributed by atoms with Crippen LogP contribution in [-0.4, -0.2) is 28.7 Å². The van der Waals surface area contributed by atoms with Gasteiger partial charge in [-0.25, -0.2) is 9.59 Å². The summed E-state index contributed by atoms with van der Waals surface area (Å²) >= 11 is 0. The molecule has 0 saturated heterocycles. The molecule has 1 aromatic heterocycles. The molecule has 2 atom stereocenters. The number of rotatable bonds is 7. The number of hydrogen-bond donors (Lipinski definition) is 3. The molecule has 6 heteroatoms. The minimum atomic E-state index is -1.25. The van der Waals surface area contributed by atoms with Crippen molar-refractivity contribution in [2.45, 2.75) is 51.6 Å². The zero-order chi connectivity index (χ0) is 15.2. The number of carbonyl (C=O) groups is 2. The van der Waals surface area contributed by atoms with Crippen molar-refractivity contribution < 1.29 is 19.1 Å². The fourth-order valence-electron chi connectivity index (χ4n) is 1.69. The second-order valence-corrected chi connectivity index (χ2v) is 5.11. The lowest BCUT2D eigenvalue weighted by Crippen LogP contribution is -2.56. The Morgan fingerprint density at radius 1 is 1.50 bits per heavy atom. The molecule has 0 bridgehead atoms. The number of urea groups is 1. The quantitative estimate of drug-likeness (QED) is 0.714. The van der Waals surface area contributed by atoms with Crippen LogP contribution in [0.15, 0.2) is 22.8 Å². The Kier molecular flexibility index (Phi) is 5.61. The van der Waals surface area contributed by atoms with Crippen molar-refractivity contribution in [2.75, 3.05) is 0 Å². The van der Waals surface area contributed by atoms with E-state index in [9.17, 15) is 9.59 Å². The van der Waals surface area contributed by atoms with Gasteiger partial charge < -0.3 is 20.2 Å². The van der Waals surface area contributed by atoms with Gasteiger partial charge in [-0.3, -0.25) is 0 Å². The van der Waals surface area contributed by atoms with E-state index in [2.05, 4.69) is 10.6 Å². The number of amides is 2. The number of carboxylic acid groups (broad SMARTS) is 1. The Balaban J connectivity index is 2.39. The Morgan fingerprint density at radius 3 is 2.70 bits per heavy atom. The highest BCUT2D eigenvalue weighted by Crippen LogP contribution is 2.09. The molecular weight excluding hydrogens is 260 g/mol. The van der Waals surface area contributed by atoms with E-state index in [1.807, 2.05) is 19.1 Å². The average Bonchev–Trinajstić information content (AvgIpc) is 2.88. The van der Waals surface area contributed by atoms with Crippen LogP contribution in [0.4, 0.5) is 4.79 Å². The van der Waals surface area contributed by atoms with Gasteiger partial charge in [0.25, 0.3) is 0 Å². The first-order valence-electron chi connectivity index (χ1n) is 6.72. The van der Waals surface area contributed by atoms with Crippen molar-refractivity contribution in [2.24, 2.45) is 0 Å². The Labute approximate surface area is 118 Å². The maximum absolute atomic E-state index is 11.8. The third kappa shape index (κ3) is 4.60. The smallest absolute Gasteiger partial charge is 0.329 e. The van der Waals surface area contributed by atoms with Crippen molar-refractivity contribution in [1.29, 1.82) is 0 Å². The van der Waals surface area contributed by atoms with Gasteiger partial charge >= 0.3 is 12.0 Å². The molecule has 2 amide bonds. The molecule has 2 unspecified atom stereocenters. The number of carboxylic acids is 1. The molecule has 0 spiro atoms. The van der Waals surface area contributed by atoms with Crippen molar-refractivity contribution in [3.63, 3.8) is 0 Å². The third-order valence-corrected chi connectivity index (χ3v) is 3.35. The van der Waals surface area contributed by atoms with E-state index in [0.717, 1.165) is 18.6 Å². The Morgan fingerprint density at radius 2 is 2.20 bits per heavy atom. The van der Waals surface area contributed by atoms with Crippen LogP contribution in [0, 0.1) is 0 Å². The molecule has 1 aromatic rings. The third-order valence-electron chi connectivity index (χ3n) is 3.35. The summed E-state index contributed by atoms with van der Waals surface area (Å²) in [6.45, 7) is 5.07. The van der Waals surface area contributed by atoms with Crippen LogP contribution >= 0.6 is 0 Å². The minimum absolute atomic E-state index is 0.0741. The van der Waals surface area contributed by atoms with E-state index < -0.39 is 17.5 Å². The fourth-order valence-corrected chi connectivity index (χ4v) is 1.69. The minimum Gasteiger partial charge on any atom is -0.480 e. The Hall–Kier alpha value is -1.98. The maximum atomic E-state index is 11.8. The van der Waals surface area contributed by atoms with E-state index in [1.54, 1.807) is 13.2 Å². The van der Waals surface area contributed by atoms with Crippen LogP contribution in [0.25, 0.3) is 0 Å². The van der Waals surface area contributed by atoms with Gasteiger partial charge in [-0.15, -0.1) is 0 Å². The number of aryl methyl sites for hydroxylation is 1. The fraction of sp³-hybridized carbons (Fsp3) is 0.571. The van der Waals surface area contributed by atoms with Gasteiger partial charge in [-0.05, 0) is 38.8 Å². The normalized spacial score (nSPS) is 15.2. The molecule has 0 saturated carbocycles. The zero-order valence-electron chi connectivity index (χ0n) is 12.1. The summed E-state index contributed by atoms with van der Waals surface area (Å²) in [5.41, 5.74) is -1.25. The molecule has 112 valence electrons. The molecule has 6 nitrogen and oxygen atoms in total. The largest absolute Gasteiger partial charge is 0.480 e. The van der Waals surface area contributed by atoms with Gasteiger partial charge in [-0.2, -0.15) is 0 Å². The molecule has 1 rings (SSSR count). The molecule has 0 aromatic carbocycles. The van der Waals surface area contributed by atoms with Crippen molar-refractivity contribution in [1.82, 2.24) is 10.6 Å². The lowest BCUT2D eigenvalue weighted by Gasteiger charge is -2.25. The molecule has 3 N–H and O–H groups in total. The van der Waals surface area contributed by atoms with Gasteiger partial charge in [0.05, 0.1) is 6.26 Å². The highest BCUT2D eigenvalue weighted by molar-refractivity contribution is 5.85. The highest BCUT2D eigenvalue weighted by atomic mass is 16.4. The summed E-state index contributed by atoms with van der Waals surface area (Å²) in [7, 11) is 0. The zero-order valence-corrected chi connectivity index (χ0v) is 12.1. The SMILES string of the molecule is CCC(C)(NC(=O)NC(C)CCc1ccco1)C(=O)O. The van der Waals surface area contributed by atoms with E-state index >= 15 is 0 Å². The van der Waals surface area contributed by atoms with E-state index in [1.165, 1.54) is 6.92 Å². The monoisotopic (exact) mass is 282 g/mol. The topological polar surface area (TPSA) is 91.6 Å². The van der Waals surface area contributed by atoms with Gasteiger partial charge in [0, 0.05) is 12.5 Å². The van der Waals surface area contributed by atoms with E-state index in [0.29, 0.717) is 6.42 Å². The molecule has 0 aliphatic carbocycles. The predicted molar refractivity (Wildman–Crippen MR) is 74.5 cm³/mol. The summed E-state index contributed by atoms with van der Waals surface area (Å²) in [6.07, 6.45) is 3.37. The summed E-state index contributed by atoms with van der Waals surface area (Å²) in [4.78, 5) is 22.9. The lowest BCUT2D eigenvalue weighted by molar-refractivity contribution is -0.143. The summed E-state index contributed by atoms with van der Waals surface area (Å²) in [6, 6.07) is 3.16. The molecule has 20 heavy (non-hydrogen) atoms. The first-order chi connectivity index (χ1) is 9.37. The molecule has 0 aliphatic rings. The number of aliphatic carboxylic acids is 1. The van der Waals surface area contributed by atoms with Crippen LogP contribution in [-0.2, 0) is 11.2 Å². The second kappa shape index (κ2) is 6.98. The first kappa shape index (κ1) is 16.1. The second-order valence-electron chi connectivity index (χ2n) is 5.11. The molecule has 0 aliphatic heterocycles. The summed E-state index contributed by atoms with van der Waals surface area (Å²) in [5.74, 6) is -0.179. The van der Waals surface area contributed by atoms with Crippen molar-refractivity contribution in [3.8, 4) is 0 Å². The predicted octanol–water partition coefficient (Wildman–Crippen LogP) is 2.15. The molecule has 0 radical (unpaired) electrons. The van der Waals surface area contributed by atoms with E-state index in [4.69, 9.17) is 9.52 Å². The molecule has 0 fully saturated rings. The summed E-state index contributed by atoms with van der Waals surface area (Å²) < 4.78 is 5.21. The van der Waals surface area contributed by atoms with Gasteiger partial charge in [0.1, 0.15) is 11.3 Å². The van der Waals surface area contributed by atoms with Gasteiger partial charge in [0.15, 0.2) is 0 Å². The highest BCUT2D eigenvalue weighted by Gasteiger charge is 2.32. The number of hydrogen-bond acceptors (Lipinski definition) is 3.